The third kappa shape index (κ3) is 5.95. The minimum atomic E-state index is -0.484. The molecule has 0 saturated carbocycles. The summed E-state index contributed by atoms with van der Waals surface area (Å²) in [5, 5.41) is 0. The van der Waals surface area contributed by atoms with Gasteiger partial charge < -0.3 is 0 Å². The average molecular weight is 533 g/mol. The fraction of sp³-hybridized carbons (Fsp3) is 0.714. The van der Waals surface area contributed by atoms with Gasteiger partial charge in [-0.25, -0.2) is 0 Å². The molecule has 0 saturated heterocycles. The second-order valence-corrected chi connectivity index (χ2v) is 16.1. The Morgan fingerprint density at radius 1 is 0.833 bits per heavy atom. The predicted octanol–water partition coefficient (Wildman–Crippen LogP) is 9.38. The first-order valence-corrected chi connectivity index (χ1v) is 18.6. The van der Waals surface area contributed by atoms with Crippen LogP contribution in [0.25, 0.3) is 5.57 Å². The van der Waals surface area contributed by atoms with Crippen molar-refractivity contribution >= 4 is 34.6 Å². The maximum atomic E-state index is 2.61. The SMILES string of the molecule is CCCCC1=[C]([Sn][CH3])C(P(C(C)C)C(C)C)c2ccc(CCCC)c(CCCC)c21. The van der Waals surface area contributed by atoms with Crippen molar-refractivity contribution in [1.29, 1.82) is 0 Å². The fourth-order valence-electron chi connectivity index (χ4n) is 5.39. The van der Waals surface area contributed by atoms with Crippen LogP contribution in [-0.4, -0.2) is 32.5 Å². The Kier molecular flexibility index (Phi) is 11.5. The van der Waals surface area contributed by atoms with Crippen LogP contribution in [-0.2, 0) is 12.8 Å². The number of unbranched alkanes of at least 4 members (excludes halogenated alkanes) is 3. The van der Waals surface area contributed by atoms with E-state index < -0.39 is 21.1 Å². The molecule has 1 aliphatic rings. The molecule has 30 heavy (non-hydrogen) atoms. The molecule has 1 unspecified atom stereocenters. The molecule has 0 amide bonds. The van der Waals surface area contributed by atoms with Crippen molar-refractivity contribution < 1.29 is 0 Å². The van der Waals surface area contributed by atoms with Crippen molar-refractivity contribution in [3.05, 3.63) is 38.0 Å². The molecule has 1 atom stereocenters. The summed E-state index contributed by atoms with van der Waals surface area (Å²) in [6.07, 6.45) is 11.8. The van der Waals surface area contributed by atoms with E-state index in [1.54, 1.807) is 22.3 Å². The zero-order valence-corrected chi connectivity index (χ0v) is 24.9. The molecule has 1 aromatic rings. The van der Waals surface area contributed by atoms with Gasteiger partial charge in [-0.05, 0) is 0 Å². The molecule has 0 spiro atoms. The van der Waals surface area contributed by atoms with Crippen LogP contribution in [0.1, 0.15) is 121 Å². The van der Waals surface area contributed by atoms with Gasteiger partial charge in [0.1, 0.15) is 0 Å². The molecule has 0 heterocycles. The number of hydrogen-bond donors (Lipinski definition) is 0. The van der Waals surface area contributed by atoms with Crippen molar-refractivity contribution in [3.63, 3.8) is 0 Å². The second kappa shape index (κ2) is 13.0. The van der Waals surface area contributed by atoms with Crippen LogP contribution >= 0.6 is 7.92 Å². The van der Waals surface area contributed by atoms with Crippen molar-refractivity contribution in [3.8, 4) is 0 Å². The summed E-state index contributed by atoms with van der Waals surface area (Å²) in [5.74, 6) is 0. The number of hydrogen-bond acceptors (Lipinski definition) is 0. The fourth-order valence-corrected chi connectivity index (χ4v) is 13.7. The molecular formula is C28H47PSn. The Morgan fingerprint density at radius 2 is 1.40 bits per heavy atom. The van der Waals surface area contributed by atoms with Gasteiger partial charge in [-0.3, -0.25) is 0 Å². The van der Waals surface area contributed by atoms with Crippen LogP contribution in [0.3, 0.4) is 0 Å². The summed E-state index contributed by atoms with van der Waals surface area (Å²) in [6, 6.07) is 5.16. The van der Waals surface area contributed by atoms with E-state index in [1.807, 2.05) is 9.16 Å². The molecule has 0 fully saturated rings. The first-order valence-electron chi connectivity index (χ1n) is 12.8. The van der Waals surface area contributed by atoms with E-state index in [1.165, 1.54) is 57.8 Å². The molecule has 0 N–H and O–H groups in total. The van der Waals surface area contributed by atoms with Gasteiger partial charge in [0.25, 0.3) is 0 Å². The summed E-state index contributed by atoms with van der Waals surface area (Å²) < 4.78 is 1.99. The Bertz CT molecular complexity index is 693. The molecule has 168 valence electrons. The summed E-state index contributed by atoms with van der Waals surface area (Å²) in [6.45, 7) is 17.1. The standard InChI is InChI=1S/C27H44P.CH3.Sn/c1-8-11-14-22-17-18-25-26(28(20(4)5)21(6)7)19-23(15-12-9-2)27(25)24(22)16-13-10-3;;/h17-18,20-21,26H,8-16H2,1-7H3;1H3;. The average Bonchev–Trinajstić information content (AvgIpc) is 3.02. The first kappa shape index (κ1) is 26.4. The molecule has 1 aliphatic carbocycles. The summed E-state index contributed by atoms with van der Waals surface area (Å²) >= 11 is -0.484. The number of benzene rings is 1. The molecule has 1 aromatic carbocycles. The van der Waals surface area contributed by atoms with Gasteiger partial charge in [-0.15, -0.1) is 0 Å². The van der Waals surface area contributed by atoms with Gasteiger partial charge in [0.15, 0.2) is 0 Å². The van der Waals surface area contributed by atoms with E-state index in [-0.39, 0.29) is 7.92 Å². The molecule has 2 rings (SSSR count). The molecule has 2 radical (unpaired) electrons. The molecule has 0 bridgehead atoms. The number of aryl methyl sites for hydroxylation is 1. The van der Waals surface area contributed by atoms with E-state index in [9.17, 15) is 0 Å². The van der Waals surface area contributed by atoms with Crippen molar-refractivity contribution in [2.24, 2.45) is 0 Å². The Labute approximate surface area is 200 Å². The van der Waals surface area contributed by atoms with Gasteiger partial charge in [0.05, 0.1) is 0 Å². The Morgan fingerprint density at radius 3 is 1.93 bits per heavy atom. The van der Waals surface area contributed by atoms with Gasteiger partial charge in [0, 0.05) is 0 Å². The van der Waals surface area contributed by atoms with E-state index in [4.69, 9.17) is 0 Å². The van der Waals surface area contributed by atoms with Gasteiger partial charge in [-0.2, -0.15) is 0 Å². The van der Waals surface area contributed by atoms with Crippen molar-refractivity contribution in [2.75, 3.05) is 0 Å². The van der Waals surface area contributed by atoms with Crippen LogP contribution in [0.5, 0.6) is 0 Å². The normalized spacial score (nSPS) is 16.4. The van der Waals surface area contributed by atoms with Gasteiger partial charge >= 0.3 is 201 Å². The molecule has 0 nitrogen and oxygen atoms in total. The van der Waals surface area contributed by atoms with E-state index in [0.29, 0.717) is 0 Å². The minimum absolute atomic E-state index is 0.0144. The molecule has 0 aromatic heterocycles. The van der Waals surface area contributed by atoms with E-state index in [0.717, 1.165) is 17.0 Å². The second-order valence-electron chi connectivity index (χ2n) is 9.66. The summed E-state index contributed by atoms with van der Waals surface area (Å²) in [5.41, 5.74) is 11.2. The Hall–Kier alpha value is 0.189. The monoisotopic (exact) mass is 534 g/mol. The first-order chi connectivity index (χ1) is 14.4. The topological polar surface area (TPSA) is 0 Å². The number of fused-ring (bicyclic) bond motifs is 1. The van der Waals surface area contributed by atoms with Crippen LogP contribution in [0.4, 0.5) is 0 Å². The zero-order valence-electron chi connectivity index (χ0n) is 21.2. The van der Waals surface area contributed by atoms with Crippen molar-refractivity contribution in [1.82, 2.24) is 0 Å². The molecule has 0 aliphatic heterocycles. The Balaban J connectivity index is 2.72. The quantitative estimate of drug-likeness (QED) is 0.175. The maximum absolute atomic E-state index is 2.61. The van der Waals surface area contributed by atoms with E-state index >= 15 is 0 Å². The van der Waals surface area contributed by atoms with Crippen LogP contribution in [0, 0.1) is 0 Å². The van der Waals surface area contributed by atoms with E-state index in [2.05, 4.69) is 65.5 Å². The summed E-state index contributed by atoms with van der Waals surface area (Å²) in [4.78, 5) is 2.60. The zero-order chi connectivity index (χ0) is 22.3. The third-order valence-corrected chi connectivity index (χ3v) is 14.2. The molecular weight excluding hydrogens is 486 g/mol. The van der Waals surface area contributed by atoms with Crippen LogP contribution < -0.4 is 0 Å². The van der Waals surface area contributed by atoms with Gasteiger partial charge in [-0.1, -0.05) is 0 Å². The third-order valence-electron chi connectivity index (χ3n) is 6.76. The number of rotatable bonds is 13. The molecule has 2 heteroatoms. The van der Waals surface area contributed by atoms with Crippen LogP contribution in [0.2, 0.25) is 4.94 Å². The summed E-state index contributed by atoms with van der Waals surface area (Å²) in [7, 11) is -0.0144. The van der Waals surface area contributed by atoms with Crippen molar-refractivity contribution in [2.45, 2.75) is 128 Å². The predicted molar refractivity (Wildman–Crippen MR) is 142 cm³/mol. The number of allylic oxidation sites excluding steroid dienone is 2. The van der Waals surface area contributed by atoms with Gasteiger partial charge in [0.2, 0.25) is 0 Å². The van der Waals surface area contributed by atoms with Crippen LogP contribution in [0.15, 0.2) is 15.7 Å².